The van der Waals surface area contributed by atoms with Gasteiger partial charge in [0.2, 0.25) is 5.78 Å². The van der Waals surface area contributed by atoms with Crippen LogP contribution >= 0.6 is 11.3 Å². The molecule has 174 valence electrons. The number of anilines is 2. The van der Waals surface area contributed by atoms with Crippen LogP contribution in [0.5, 0.6) is 0 Å². The Morgan fingerprint density at radius 3 is 2.32 bits per heavy atom. The number of carbonyl (C=O) groups is 2. The molecule has 0 radical (unpaired) electrons. The molecule has 0 aliphatic carbocycles. The molecule has 0 saturated carbocycles. The Bertz CT molecular complexity index is 1280. The SMILES string of the molecule is Cc1ccc(C(=O)c2nn(-c3ccc(C)cc3)c(NCCCNC(=O)c3cscn3)c2N)cc1. The van der Waals surface area contributed by atoms with Gasteiger partial charge in [-0.2, -0.15) is 5.10 Å². The summed E-state index contributed by atoms with van der Waals surface area (Å²) in [4.78, 5) is 29.2. The molecule has 4 rings (SSSR count). The Labute approximate surface area is 201 Å². The molecule has 2 aromatic heterocycles. The number of thiazole rings is 1. The van der Waals surface area contributed by atoms with E-state index >= 15 is 0 Å². The van der Waals surface area contributed by atoms with Crippen LogP contribution in [0.4, 0.5) is 11.5 Å². The van der Waals surface area contributed by atoms with Gasteiger partial charge in [-0.05, 0) is 32.4 Å². The van der Waals surface area contributed by atoms with Gasteiger partial charge in [-0.25, -0.2) is 9.67 Å². The lowest BCUT2D eigenvalue weighted by Crippen LogP contribution is -2.26. The fourth-order valence-electron chi connectivity index (χ4n) is 3.39. The van der Waals surface area contributed by atoms with Crippen molar-refractivity contribution in [3.63, 3.8) is 0 Å². The number of amides is 1. The van der Waals surface area contributed by atoms with Crippen LogP contribution in [0.25, 0.3) is 5.69 Å². The van der Waals surface area contributed by atoms with E-state index in [1.54, 1.807) is 27.7 Å². The highest BCUT2D eigenvalue weighted by molar-refractivity contribution is 7.07. The number of nitrogens with two attached hydrogens (primary N) is 1. The Morgan fingerprint density at radius 2 is 1.68 bits per heavy atom. The summed E-state index contributed by atoms with van der Waals surface area (Å²) in [5.74, 6) is 0.114. The number of aryl methyl sites for hydroxylation is 2. The number of hydrogen-bond donors (Lipinski definition) is 3. The number of rotatable bonds is 9. The van der Waals surface area contributed by atoms with E-state index in [0.717, 1.165) is 16.8 Å². The van der Waals surface area contributed by atoms with Gasteiger partial charge in [0, 0.05) is 24.0 Å². The Balaban J connectivity index is 1.52. The maximum atomic E-state index is 13.2. The molecule has 34 heavy (non-hydrogen) atoms. The molecule has 8 nitrogen and oxygen atoms in total. The normalized spacial score (nSPS) is 10.8. The number of benzene rings is 2. The van der Waals surface area contributed by atoms with Gasteiger partial charge in [-0.15, -0.1) is 11.3 Å². The Kier molecular flexibility index (Phi) is 7.03. The van der Waals surface area contributed by atoms with E-state index in [-0.39, 0.29) is 23.1 Å². The van der Waals surface area contributed by atoms with E-state index in [4.69, 9.17) is 5.73 Å². The molecule has 0 aliphatic rings. The van der Waals surface area contributed by atoms with Gasteiger partial charge in [-0.1, -0.05) is 47.5 Å². The smallest absolute Gasteiger partial charge is 0.270 e. The van der Waals surface area contributed by atoms with E-state index in [9.17, 15) is 9.59 Å². The third-order valence-corrected chi connectivity index (χ3v) is 5.91. The highest BCUT2D eigenvalue weighted by atomic mass is 32.1. The second-order valence-corrected chi connectivity index (χ2v) is 8.68. The van der Waals surface area contributed by atoms with Gasteiger partial charge in [-0.3, -0.25) is 9.59 Å². The van der Waals surface area contributed by atoms with E-state index in [2.05, 4.69) is 20.7 Å². The van der Waals surface area contributed by atoms with Gasteiger partial charge < -0.3 is 16.4 Å². The van der Waals surface area contributed by atoms with Crippen LogP contribution in [0.15, 0.2) is 59.4 Å². The molecule has 0 atom stereocenters. The summed E-state index contributed by atoms with van der Waals surface area (Å²) in [5.41, 5.74) is 12.5. The maximum absolute atomic E-state index is 13.2. The summed E-state index contributed by atoms with van der Waals surface area (Å²) in [5, 5.41) is 12.4. The van der Waals surface area contributed by atoms with Crippen molar-refractivity contribution in [3.8, 4) is 5.69 Å². The van der Waals surface area contributed by atoms with Gasteiger partial charge >= 0.3 is 0 Å². The van der Waals surface area contributed by atoms with Crippen molar-refractivity contribution in [3.05, 3.63) is 87.5 Å². The summed E-state index contributed by atoms with van der Waals surface area (Å²) in [6.45, 7) is 4.97. The number of ketones is 1. The van der Waals surface area contributed by atoms with Gasteiger partial charge in [0.25, 0.3) is 5.91 Å². The molecule has 4 aromatic rings. The van der Waals surface area contributed by atoms with Crippen molar-refractivity contribution < 1.29 is 9.59 Å². The summed E-state index contributed by atoms with van der Waals surface area (Å²) >= 11 is 1.38. The molecule has 2 aromatic carbocycles. The van der Waals surface area contributed by atoms with Crippen LogP contribution in [0, 0.1) is 13.8 Å². The lowest BCUT2D eigenvalue weighted by atomic mass is 10.1. The average molecular weight is 475 g/mol. The van der Waals surface area contributed by atoms with Crippen LogP contribution in [0.2, 0.25) is 0 Å². The maximum Gasteiger partial charge on any atom is 0.270 e. The predicted octanol–water partition coefficient (Wildman–Crippen LogP) is 3.99. The molecule has 9 heteroatoms. The van der Waals surface area contributed by atoms with Crippen LogP contribution in [-0.2, 0) is 0 Å². The summed E-state index contributed by atoms with van der Waals surface area (Å²) in [6.07, 6.45) is 0.648. The van der Waals surface area contributed by atoms with Crippen molar-refractivity contribution >= 4 is 34.5 Å². The molecule has 4 N–H and O–H groups in total. The number of nitrogens with zero attached hydrogens (tertiary/aromatic N) is 3. The Morgan fingerprint density at radius 1 is 1.00 bits per heavy atom. The highest BCUT2D eigenvalue weighted by Crippen LogP contribution is 2.28. The van der Waals surface area contributed by atoms with Crippen molar-refractivity contribution in [2.24, 2.45) is 0 Å². The average Bonchev–Trinajstić information content (AvgIpc) is 3.48. The van der Waals surface area contributed by atoms with Crippen molar-refractivity contribution in [2.45, 2.75) is 20.3 Å². The van der Waals surface area contributed by atoms with E-state index < -0.39 is 0 Å². The molecule has 1 amide bonds. The zero-order chi connectivity index (χ0) is 24.1. The first kappa shape index (κ1) is 23.2. The van der Waals surface area contributed by atoms with Crippen LogP contribution in [0.1, 0.15) is 44.1 Å². The van der Waals surface area contributed by atoms with Crippen LogP contribution < -0.4 is 16.4 Å². The topological polar surface area (TPSA) is 115 Å². The first-order chi connectivity index (χ1) is 16.4. The predicted molar refractivity (Wildman–Crippen MR) is 135 cm³/mol. The number of aromatic nitrogens is 3. The fourth-order valence-corrected chi connectivity index (χ4v) is 3.93. The fraction of sp³-hybridized carbons (Fsp3) is 0.200. The zero-order valence-corrected chi connectivity index (χ0v) is 19.9. The van der Waals surface area contributed by atoms with Crippen molar-refractivity contribution in [1.82, 2.24) is 20.1 Å². The number of nitrogen functional groups attached to an aromatic ring is 1. The molecule has 0 spiro atoms. The standard InChI is InChI=1S/C25H26N6O2S/c1-16-4-8-18(9-5-16)23(32)22-21(26)24(31(30-22)19-10-6-17(2)7-11-19)27-12-3-13-28-25(33)20-14-34-15-29-20/h4-11,14-15,27H,3,12-13,26H2,1-2H3,(H,28,33). The lowest BCUT2D eigenvalue weighted by molar-refractivity contribution is 0.0948. The second kappa shape index (κ2) is 10.3. The van der Waals surface area contributed by atoms with Gasteiger partial charge in [0.1, 0.15) is 11.4 Å². The third kappa shape index (κ3) is 5.15. The van der Waals surface area contributed by atoms with Crippen LogP contribution in [0.3, 0.4) is 0 Å². The highest BCUT2D eigenvalue weighted by Gasteiger charge is 2.23. The Hall–Kier alpha value is -3.98. The molecular formula is C25H26N6O2S. The van der Waals surface area contributed by atoms with E-state index in [1.807, 2.05) is 50.2 Å². The van der Waals surface area contributed by atoms with Crippen molar-refractivity contribution in [1.29, 1.82) is 0 Å². The lowest BCUT2D eigenvalue weighted by Gasteiger charge is -2.11. The summed E-state index contributed by atoms with van der Waals surface area (Å²) < 4.78 is 1.66. The molecule has 0 bridgehead atoms. The number of hydrogen-bond acceptors (Lipinski definition) is 7. The number of nitrogens with one attached hydrogen (secondary N) is 2. The summed E-state index contributed by atoms with van der Waals surface area (Å²) in [6, 6.07) is 15.2. The minimum absolute atomic E-state index is 0.198. The molecular weight excluding hydrogens is 448 g/mol. The van der Waals surface area contributed by atoms with E-state index in [1.165, 1.54) is 11.3 Å². The van der Waals surface area contributed by atoms with Crippen molar-refractivity contribution in [2.75, 3.05) is 24.1 Å². The number of carbonyl (C=O) groups excluding carboxylic acids is 2. The quantitative estimate of drug-likeness (QED) is 0.250. The van der Waals surface area contributed by atoms with Gasteiger partial charge in [0.15, 0.2) is 11.5 Å². The zero-order valence-electron chi connectivity index (χ0n) is 19.0. The monoisotopic (exact) mass is 474 g/mol. The first-order valence-corrected chi connectivity index (χ1v) is 11.9. The van der Waals surface area contributed by atoms with Gasteiger partial charge in [0.05, 0.1) is 11.2 Å². The molecule has 0 fully saturated rings. The second-order valence-electron chi connectivity index (χ2n) is 7.96. The first-order valence-electron chi connectivity index (χ1n) is 10.9. The molecule has 0 unspecified atom stereocenters. The largest absolute Gasteiger partial charge is 0.394 e. The minimum atomic E-state index is -0.234. The van der Waals surface area contributed by atoms with E-state index in [0.29, 0.717) is 36.6 Å². The minimum Gasteiger partial charge on any atom is -0.394 e. The molecule has 0 saturated heterocycles. The molecule has 2 heterocycles. The van der Waals surface area contributed by atoms with Crippen LogP contribution in [-0.4, -0.2) is 39.5 Å². The molecule has 0 aliphatic heterocycles. The third-order valence-electron chi connectivity index (χ3n) is 5.33. The summed E-state index contributed by atoms with van der Waals surface area (Å²) in [7, 11) is 0.